The summed E-state index contributed by atoms with van der Waals surface area (Å²) in [5, 5.41) is 0. The van der Waals surface area contributed by atoms with Crippen molar-refractivity contribution in [2.45, 2.75) is 6.92 Å². The molecular formula is C14H13NO2S. The van der Waals surface area contributed by atoms with Gasteiger partial charge >= 0.3 is 5.97 Å². The molecule has 2 aromatic heterocycles. The van der Waals surface area contributed by atoms with Crippen LogP contribution in [0.5, 0.6) is 0 Å². The van der Waals surface area contributed by atoms with Crippen molar-refractivity contribution in [3.05, 3.63) is 52.0 Å². The molecule has 0 saturated carbocycles. The summed E-state index contributed by atoms with van der Waals surface area (Å²) in [6, 6.07) is 7.61. The monoisotopic (exact) mass is 259 g/mol. The Balaban J connectivity index is 2.43. The highest BCUT2D eigenvalue weighted by Gasteiger charge is 2.12. The number of esters is 1. The van der Waals surface area contributed by atoms with Crippen molar-refractivity contribution in [1.29, 1.82) is 0 Å². The lowest BCUT2D eigenvalue weighted by atomic mass is 10.1. The topological polar surface area (TPSA) is 39.2 Å². The second-order valence-corrected chi connectivity index (χ2v) is 5.05. The average molecular weight is 259 g/mol. The number of aryl methyl sites for hydroxylation is 1. The maximum Gasteiger partial charge on any atom is 0.338 e. The van der Waals surface area contributed by atoms with E-state index in [0.717, 1.165) is 10.4 Å². The van der Waals surface area contributed by atoms with Crippen molar-refractivity contribution in [3.63, 3.8) is 0 Å². The Morgan fingerprint density at radius 2 is 2.00 bits per heavy atom. The van der Waals surface area contributed by atoms with Gasteiger partial charge in [-0.05, 0) is 42.8 Å². The fourth-order valence-corrected chi connectivity index (χ4v) is 2.40. The Morgan fingerprint density at radius 1 is 1.28 bits per heavy atom. The standard InChI is InChI=1S/C14H13NO2S/c1-10-3-4-12(18-10)9-13(14(16)17-2)11-5-7-15-8-6-11/h3-9H,1-2H3/b13-9-. The predicted octanol–water partition coefficient (Wildman–Crippen LogP) is 3.17. The zero-order valence-corrected chi connectivity index (χ0v) is 11.0. The van der Waals surface area contributed by atoms with Gasteiger partial charge in [0.2, 0.25) is 0 Å². The number of carbonyl (C=O) groups excluding carboxylic acids is 1. The van der Waals surface area contributed by atoms with Gasteiger partial charge in [-0.15, -0.1) is 11.3 Å². The van der Waals surface area contributed by atoms with Gasteiger partial charge in [-0.25, -0.2) is 4.79 Å². The van der Waals surface area contributed by atoms with Gasteiger partial charge in [-0.3, -0.25) is 4.98 Å². The molecular weight excluding hydrogens is 246 g/mol. The molecule has 0 spiro atoms. The molecule has 2 rings (SSSR count). The Bertz CT molecular complexity index is 572. The fraction of sp³-hybridized carbons (Fsp3) is 0.143. The molecule has 0 fully saturated rings. The van der Waals surface area contributed by atoms with E-state index in [2.05, 4.69) is 4.98 Å². The molecule has 0 aliphatic heterocycles. The van der Waals surface area contributed by atoms with Crippen LogP contribution in [0.15, 0.2) is 36.7 Å². The van der Waals surface area contributed by atoms with E-state index in [1.54, 1.807) is 35.9 Å². The quantitative estimate of drug-likeness (QED) is 0.628. The number of hydrogen-bond acceptors (Lipinski definition) is 4. The lowest BCUT2D eigenvalue weighted by Gasteiger charge is -2.04. The SMILES string of the molecule is COC(=O)/C(=C\c1ccc(C)s1)c1ccncc1. The smallest absolute Gasteiger partial charge is 0.338 e. The van der Waals surface area contributed by atoms with Crippen LogP contribution in [0.4, 0.5) is 0 Å². The second-order valence-electron chi connectivity index (χ2n) is 3.73. The number of pyridine rings is 1. The molecule has 0 bridgehead atoms. The first-order chi connectivity index (χ1) is 8.70. The Kier molecular flexibility index (Phi) is 3.89. The van der Waals surface area contributed by atoms with Crippen molar-refractivity contribution in [3.8, 4) is 0 Å². The molecule has 0 saturated heterocycles. The van der Waals surface area contributed by atoms with Crippen LogP contribution in [0.2, 0.25) is 0 Å². The van der Waals surface area contributed by atoms with E-state index >= 15 is 0 Å². The molecule has 0 N–H and O–H groups in total. The molecule has 18 heavy (non-hydrogen) atoms. The summed E-state index contributed by atoms with van der Waals surface area (Å²) in [5.74, 6) is -0.341. The minimum atomic E-state index is -0.341. The molecule has 2 heterocycles. The Labute approximate surface area is 110 Å². The van der Waals surface area contributed by atoms with Crippen LogP contribution in [-0.4, -0.2) is 18.1 Å². The first kappa shape index (κ1) is 12.5. The van der Waals surface area contributed by atoms with Gasteiger partial charge < -0.3 is 4.74 Å². The van der Waals surface area contributed by atoms with Crippen molar-refractivity contribution >= 4 is 29.0 Å². The number of carbonyl (C=O) groups is 1. The van der Waals surface area contributed by atoms with E-state index < -0.39 is 0 Å². The highest BCUT2D eigenvalue weighted by Crippen LogP contribution is 2.23. The Morgan fingerprint density at radius 3 is 2.56 bits per heavy atom. The van der Waals surface area contributed by atoms with Crippen molar-refractivity contribution in [1.82, 2.24) is 4.98 Å². The maximum atomic E-state index is 11.8. The number of hydrogen-bond donors (Lipinski definition) is 0. The molecule has 0 unspecified atom stereocenters. The number of aromatic nitrogens is 1. The molecule has 2 aromatic rings. The largest absolute Gasteiger partial charge is 0.465 e. The lowest BCUT2D eigenvalue weighted by Crippen LogP contribution is -2.03. The third-order valence-electron chi connectivity index (χ3n) is 2.44. The first-order valence-corrected chi connectivity index (χ1v) is 6.29. The van der Waals surface area contributed by atoms with E-state index in [1.165, 1.54) is 12.0 Å². The molecule has 0 radical (unpaired) electrons. The average Bonchev–Trinajstić information content (AvgIpc) is 2.82. The zero-order chi connectivity index (χ0) is 13.0. The number of nitrogens with zero attached hydrogens (tertiary/aromatic N) is 1. The normalized spacial score (nSPS) is 11.3. The molecule has 3 nitrogen and oxygen atoms in total. The second kappa shape index (κ2) is 5.60. The fourth-order valence-electron chi connectivity index (χ4n) is 1.57. The van der Waals surface area contributed by atoms with E-state index in [0.29, 0.717) is 5.57 Å². The summed E-state index contributed by atoms with van der Waals surface area (Å²) in [7, 11) is 1.39. The first-order valence-electron chi connectivity index (χ1n) is 5.47. The maximum absolute atomic E-state index is 11.8. The van der Waals surface area contributed by atoms with E-state index in [9.17, 15) is 4.79 Å². The third kappa shape index (κ3) is 2.84. The minimum Gasteiger partial charge on any atom is -0.465 e. The molecule has 0 atom stereocenters. The number of rotatable bonds is 3. The highest BCUT2D eigenvalue weighted by atomic mass is 32.1. The van der Waals surface area contributed by atoms with Crippen LogP contribution in [0, 0.1) is 6.92 Å². The lowest BCUT2D eigenvalue weighted by molar-refractivity contribution is -0.133. The van der Waals surface area contributed by atoms with Crippen LogP contribution < -0.4 is 0 Å². The Hall–Kier alpha value is -1.94. The number of thiophene rings is 1. The number of ether oxygens (including phenoxy) is 1. The summed E-state index contributed by atoms with van der Waals surface area (Å²) in [4.78, 5) is 18.0. The van der Waals surface area contributed by atoms with Crippen LogP contribution in [0.1, 0.15) is 15.3 Å². The van der Waals surface area contributed by atoms with Gasteiger partial charge in [0.25, 0.3) is 0 Å². The highest BCUT2D eigenvalue weighted by molar-refractivity contribution is 7.12. The number of methoxy groups -OCH3 is 1. The summed E-state index contributed by atoms with van der Waals surface area (Å²) in [6.07, 6.45) is 5.16. The van der Waals surface area contributed by atoms with Gasteiger partial charge in [0.1, 0.15) is 0 Å². The summed E-state index contributed by atoms with van der Waals surface area (Å²) >= 11 is 1.64. The zero-order valence-electron chi connectivity index (χ0n) is 10.2. The van der Waals surface area contributed by atoms with Crippen LogP contribution in [-0.2, 0) is 9.53 Å². The molecule has 0 aliphatic rings. The van der Waals surface area contributed by atoms with E-state index in [-0.39, 0.29) is 5.97 Å². The van der Waals surface area contributed by atoms with Crippen molar-refractivity contribution in [2.75, 3.05) is 7.11 Å². The molecule has 0 aliphatic carbocycles. The summed E-state index contributed by atoms with van der Waals surface area (Å²) in [6.45, 7) is 2.03. The summed E-state index contributed by atoms with van der Waals surface area (Å²) in [5.41, 5.74) is 1.35. The molecule has 0 aromatic carbocycles. The van der Waals surface area contributed by atoms with E-state index in [4.69, 9.17) is 4.74 Å². The van der Waals surface area contributed by atoms with Crippen molar-refractivity contribution in [2.24, 2.45) is 0 Å². The molecule has 92 valence electrons. The van der Waals surface area contributed by atoms with Crippen molar-refractivity contribution < 1.29 is 9.53 Å². The van der Waals surface area contributed by atoms with Gasteiger partial charge in [0.05, 0.1) is 12.7 Å². The van der Waals surface area contributed by atoms with Gasteiger partial charge in [-0.1, -0.05) is 0 Å². The van der Waals surface area contributed by atoms with Gasteiger partial charge in [-0.2, -0.15) is 0 Å². The molecule has 4 heteroatoms. The predicted molar refractivity (Wildman–Crippen MR) is 73.2 cm³/mol. The summed E-state index contributed by atoms with van der Waals surface area (Å²) < 4.78 is 4.82. The van der Waals surface area contributed by atoms with Crippen LogP contribution in [0.3, 0.4) is 0 Å². The third-order valence-corrected chi connectivity index (χ3v) is 3.39. The van der Waals surface area contributed by atoms with E-state index in [1.807, 2.05) is 25.1 Å². The minimum absolute atomic E-state index is 0.341. The van der Waals surface area contributed by atoms with Crippen LogP contribution in [0.25, 0.3) is 11.6 Å². The van der Waals surface area contributed by atoms with Gasteiger partial charge in [0, 0.05) is 22.1 Å². The van der Waals surface area contributed by atoms with Crippen LogP contribution >= 0.6 is 11.3 Å². The van der Waals surface area contributed by atoms with Gasteiger partial charge in [0.15, 0.2) is 0 Å². The molecule has 0 amide bonds.